The SMILES string of the molecule is CC(C)(CCCCCC(O)CCCCCC(O)CCCCCC(C)(C)C(=O)O)C(=O)O. The second-order valence-electron chi connectivity index (χ2n) is 10.5. The van der Waals surface area contributed by atoms with Crippen molar-refractivity contribution in [2.75, 3.05) is 0 Å². The molecule has 0 heterocycles. The lowest BCUT2D eigenvalue weighted by atomic mass is 9.87. The van der Waals surface area contributed by atoms with E-state index in [0.29, 0.717) is 12.8 Å². The molecule has 0 aliphatic rings. The molecule has 0 amide bonds. The van der Waals surface area contributed by atoms with Gasteiger partial charge in [-0.25, -0.2) is 0 Å². The van der Waals surface area contributed by atoms with Gasteiger partial charge in [0.1, 0.15) is 0 Å². The summed E-state index contributed by atoms with van der Waals surface area (Å²) in [7, 11) is 0. The smallest absolute Gasteiger partial charge is 0.309 e. The molecule has 0 aliphatic heterocycles. The molecule has 2 atom stereocenters. The Morgan fingerprint density at radius 1 is 0.548 bits per heavy atom. The van der Waals surface area contributed by atoms with Gasteiger partial charge in [-0.3, -0.25) is 9.59 Å². The van der Waals surface area contributed by atoms with Crippen LogP contribution in [0.3, 0.4) is 0 Å². The van der Waals surface area contributed by atoms with E-state index in [2.05, 4.69) is 0 Å². The molecule has 0 aliphatic carbocycles. The summed E-state index contributed by atoms with van der Waals surface area (Å²) in [5, 5.41) is 38.4. The van der Waals surface area contributed by atoms with Gasteiger partial charge in [-0.2, -0.15) is 0 Å². The fraction of sp³-hybridized carbons (Fsp3) is 0.920. The highest BCUT2D eigenvalue weighted by Crippen LogP contribution is 2.25. The van der Waals surface area contributed by atoms with Crippen LogP contribution in [0.4, 0.5) is 0 Å². The molecule has 2 unspecified atom stereocenters. The molecule has 0 aromatic heterocycles. The average molecular weight is 445 g/mol. The normalized spacial score (nSPS) is 14.4. The van der Waals surface area contributed by atoms with E-state index >= 15 is 0 Å². The maximum absolute atomic E-state index is 11.1. The summed E-state index contributed by atoms with van der Waals surface area (Å²) in [6.07, 6.45) is 12.3. The first-order chi connectivity index (χ1) is 14.4. The third-order valence-corrected chi connectivity index (χ3v) is 6.41. The molecular weight excluding hydrogens is 396 g/mol. The number of carboxylic acids is 2. The Morgan fingerprint density at radius 3 is 1.06 bits per heavy atom. The van der Waals surface area contributed by atoms with Crippen molar-refractivity contribution in [1.29, 1.82) is 0 Å². The van der Waals surface area contributed by atoms with E-state index in [1.807, 2.05) is 0 Å². The second-order valence-corrected chi connectivity index (χ2v) is 10.5. The number of aliphatic carboxylic acids is 2. The Bertz CT molecular complexity index is 456. The maximum atomic E-state index is 11.1. The topological polar surface area (TPSA) is 115 Å². The van der Waals surface area contributed by atoms with Gasteiger partial charge in [0, 0.05) is 0 Å². The largest absolute Gasteiger partial charge is 0.481 e. The van der Waals surface area contributed by atoms with Crippen LogP contribution in [-0.4, -0.2) is 44.6 Å². The lowest BCUT2D eigenvalue weighted by Crippen LogP contribution is -2.23. The van der Waals surface area contributed by atoms with Crippen LogP contribution in [-0.2, 0) is 9.59 Å². The van der Waals surface area contributed by atoms with Crippen LogP contribution in [0, 0.1) is 10.8 Å². The molecule has 184 valence electrons. The van der Waals surface area contributed by atoms with Crippen molar-refractivity contribution >= 4 is 11.9 Å². The van der Waals surface area contributed by atoms with E-state index in [-0.39, 0.29) is 12.2 Å². The standard InChI is InChI=1S/C25H48O6/c1-24(2,22(28)29)18-12-6-10-16-20(26)14-8-5-9-15-21(27)17-11-7-13-19-25(3,4)23(30)31/h20-21,26-27H,5-19H2,1-4H3,(H,28,29)(H,30,31). The van der Waals surface area contributed by atoms with Gasteiger partial charge in [0.15, 0.2) is 0 Å². The van der Waals surface area contributed by atoms with E-state index in [9.17, 15) is 19.8 Å². The molecule has 4 N–H and O–H groups in total. The Balaban J connectivity index is 3.58. The van der Waals surface area contributed by atoms with Gasteiger partial charge in [-0.15, -0.1) is 0 Å². The van der Waals surface area contributed by atoms with Gasteiger partial charge >= 0.3 is 11.9 Å². The fourth-order valence-corrected chi connectivity index (χ4v) is 3.69. The molecule has 6 heteroatoms. The first-order valence-electron chi connectivity index (χ1n) is 12.2. The quantitative estimate of drug-likeness (QED) is 0.177. The first-order valence-corrected chi connectivity index (χ1v) is 12.2. The molecule has 0 aromatic rings. The molecular formula is C25H48O6. The average Bonchev–Trinajstić information content (AvgIpc) is 2.66. The molecule has 0 saturated heterocycles. The minimum Gasteiger partial charge on any atom is -0.481 e. The zero-order valence-corrected chi connectivity index (χ0v) is 20.4. The Labute approximate surface area is 189 Å². The van der Waals surface area contributed by atoms with Gasteiger partial charge < -0.3 is 20.4 Å². The lowest BCUT2D eigenvalue weighted by Gasteiger charge is -2.18. The molecule has 0 rings (SSSR count). The third-order valence-electron chi connectivity index (χ3n) is 6.41. The van der Waals surface area contributed by atoms with Crippen LogP contribution < -0.4 is 0 Å². The number of aliphatic hydroxyl groups excluding tert-OH is 2. The summed E-state index contributed by atoms with van der Waals surface area (Å²) in [5.41, 5.74) is -1.33. The number of hydrogen-bond donors (Lipinski definition) is 4. The molecule has 0 spiro atoms. The fourth-order valence-electron chi connectivity index (χ4n) is 3.69. The van der Waals surface area contributed by atoms with Crippen molar-refractivity contribution in [3.05, 3.63) is 0 Å². The van der Waals surface area contributed by atoms with Crippen molar-refractivity contribution in [2.24, 2.45) is 10.8 Å². The summed E-state index contributed by atoms with van der Waals surface area (Å²) in [6.45, 7) is 7.02. The Morgan fingerprint density at radius 2 is 0.806 bits per heavy atom. The van der Waals surface area contributed by atoms with Crippen LogP contribution >= 0.6 is 0 Å². The number of unbranched alkanes of at least 4 members (excludes halogenated alkanes) is 6. The zero-order valence-electron chi connectivity index (χ0n) is 20.4. The van der Waals surface area contributed by atoms with E-state index in [1.165, 1.54) is 0 Å². The van der Waals surface area contributed by atoms with Crippen LogP contribution in [0.1, 0.15) is 124 Å². The van der Waals surface area contributed by atoms with E-state index in [0.717, 1.165) is 83.5 Å². The number of carbonyl (C=O) groups is 2. The van der Waals surface area contributed by atoms with Crippen LogP contribution in [0.25, 0.3) is 0 Å². The highest BCUT2D eigenvalue weighted by molar-refractivity contribution is 5.73. The van der Waals surface area contributed by atoms with Crippen molar-refractivity contribution in [1.82, 2.24) is 0 Å². The molecule has 0 fully saturated rings. The molecule has 0 saturated carbocycles. The predicted octanol–water partition coefficient (Wildman–Crippen LogP) is 5.78. The van der Waals surface area contributed by atoms with Gasteiger partial charge in [0.2, 0.25) is 0 Å². The Hall–Kier alpha value is -1.14. The minimum absolute atomic E-state index is 0.285. The monoisotopic (exact) mass is 444 g/mol. The van der Waals surface area contributed by atoms with E-state index in [1.54, 1.807) is 27.7 Å². The highest BCUT2D eigenvalue weighted by atomic mass is 16.4. The Kier molecular flexibility index (Phi) is 15.1. The van der Waals surface area contributed by atoms with Gasteiger partial charge in [-0.1, -0.05) is 57.8 Å². The van der Waals surface area contributed by atoms with Crippen molar-refractivity contribution in [2.45, 2.75) is 136 Å². The zero-order chi connectivity index (χ0) is 23.9. The molecule has 0 radical (unpaired) electrons. The second kappa shape index (κ2) is 15.6. The lowest BCUT2D eigenvalue weighted by molar-refractivity contribution is -0.148. The minimum atomic E-state index is -0.752. The van der Waals surface area contributed by atoms with Gasteiger partial charge in [-0.05, 0) is 66.2 Å². The van der Waals surface area contributed by atoms with E-state index < -0.39 is 22.8 Å². The molecule has 6 nitrogen and oxygen atoms in total. The molecule has 0 aromatic carbocycles. The van der Waals surface area contributed by atoms with Crippen LogP contribution in [0.15, 0.2) is 0 Å². The highest BCUT2D eigenvalue weighted by Gasteiger charge is 2.26. The maximum Gasteiger partial charge on any atom is 0.309 e. The third kappa shape index (κ3) is 15.3. The number of hydrogen-bond acceptors (Lipinski definition) is 4. The molecule has 31 heavy (non-hydrogen) atoms. The van der Waals surface area contributed by atoms with Crippen molar-refractivity contribution < 1.29 is 30.0 Å². The number of carboxylic acid groups (broad SMARTS) is 2. The summed E-state index contributed by atoms with van der Waals surface area (Å²) < 4.78 is 0. The van der Waals surface area contributed by atoms with Crippen LogP contribution in [0.5, 0.6) is 0 Å². The van der Waals surface area contributed by atoms with E-state index in [4.69, 9.17) is 10.2 Å². The molecule has 0 bridgehead atoms. The summed E-state index contributed by atoms with van der Waals surface area (Å²) in [5.74, 6) is -1.50. The van der Waals surface area contributed by atoms with Gasteiger partial charge in [0.05, 0.1) is 23.0 Å². The van der Waals surface area contributed by atoms with Crippen LogP contribution in [0.2, 0.25) is 0 Å². The summed E-state index contributed by atoms with van der Waals surface area (Å²) in [6, 6.07) is 0. The van der Waals surface area contributed by atoms with Crippen molar-refractivity contribution in [3.8, 4) is 0 Å². The van der Waals surface area contributed by atoms with Gasteiger partial charge in [0.25, 0.3) is 0 Å². The predicted molar refractivity (Wildman–Crippen MR) is 124 cm³/mol. The first kappa shape index (κ1) is 29.9. The van der Waals surface area contributed by atoms with Crippen molar-refractivity contribution in [3.63, 3.8) is 0 Å². The number of rotatable bonds is 20. The number of aliphatic hydroxyl groups is 2. The summed E-state index contributed by atoms with van der Waals surface area (Å²) in [4.78, 5) is 22.1. The summed E-state index contributed by atoms with van der Waals surface area (Å²) >= 11 is 0.